The molecule has 0 unspecified atom stereocenters. The van der Waals surface area contributed by atoms with Gasteiger partial charge in [-0.2, -0.15) is 0 Å². The molecule has 5 nitrogen and oxygen atoms in total. The summed E-state index contributed by atoms with van der Waals surface area (Å²) in [5.41, 5.74) is 10.2. The molecule has 1 heterocycles. The topological polar surface area (TPSA) is 73.7 Å². The lowest BCUT2D eigenvalue weighted by Gasteiger charge is -2.19. The standard InChI is InChI=1S/C18H17N3O2S/c1-11-17(24-16-6-4-3-5-15(16)19-11)12(2)20-21-14-9-7-13(8-10-14)18(22)23/h3-10,20-21H,1-2H3,(H,22,23)/b17-12-. The molecule has 6 heteroatoms. The number of rotatable bonds is 4. The summed E-state index contributed by atoms with van der Waals surface area (Å²) in [6, 6.07) is 14.6. The minimum Gasteiger partial charge on any atom is -0.478 e. The van der Waals surface area contributed by atoms with E-state index in [1.165, 1.54) is 0 Å². The zero-order chi connectivity index (χ0) is 17.1. The fourth-order valence-corrected chi connectivity index (χ4v) is 3.30. The van der Waals surface area contributed by atoms with Gasteiger partial charge in [0.25, 0.3) is 0 Å². The number of benzene rings is 2. The van der Waals surface area contributed by atoms with Crippen LogP contribution in [-0.4, -0.2) is 16.8 Å². The second-order valence-corrected chi connectivity index (χ2v) is 6.41. The summed E-state index contributed by atoms with van der Waals surface area (Å²) in [6.07, 6.45) is 0. The maximum absolute atomic E-state index is 10.9. The largest absolute Gasteiger partial charge is 0.478 e. The van der Waals surface area contributed by atoms with Crippen LogP contribution in [0.5, 0.6) is 0 Å². The molecule has 2 aromatic carbocycles. The second kappa shape index (κ2) is 6.80. The van der Waals surface area contributed by atoms with Crippen LogP contribution in [0, 0.1) is 0 Å². The average molecular weight is 339 g/mol. The Bertz CT molecular complexity index is 842. The van der Waals surface area contributed by atoms with E-state index in [0.29, 0.717) is 0 Å². The summed E-state index contributed by atoms with van der Waals surface area (Å²) < 4.78 is 0. The van der Waals surface area contributed by atoms with Crippen molar-refractivity contribution in [1.82, 2.24) is 5.43 Å². The number of thioether (sulfide) groups is 1. The smallest absolute Gasteiger partial charge is 0.335 e. The van der Waals surface area contributed by atoms with Crippen molar-refractivity contribution in [2.75, 3.05) is 5.43 Å². The molecule has 0 amide bonds. The van der Waals surface area contributed by atoms with E-state index in [2.05, 4.69) is 21.9 Å². The van der Waals surface area contributed by atoms with E-state index >= 15 is 0 Å². The van der Waals surface area contributed by atoms with Crippen molar-refractivity contribution < 1.29 is 9.90 Å². The van der Waals surface area contributed by atoms with Gasteiger partial charge in [0.1, 0.15) is 0 Å². The highest BCUT2D eigenvalue weighted by Crippen LogP contribution is 2.40. The Hall–Kier alpha value is -2.73. The highest BCUT2D eigenvalue weighted by atomic mass is 32.2. The third-order valence-corrected chi connectivity index (χ3v) is 4.93. The molecule has 24 heavy (non-hydrogen) atoms. The van der Waals surface area contributed by atoms with Gasteiger partial charge in [-0.25, -0.2) is 4.79 Å². The highest BCUT2D eigenvalue weighted by Gasteiger charge is 2.16. The van der Waals surface area contributed by atoms with E-state index in [-0.39, 0.29) is 5.56 Å². The Labute approximate surface area is 144 Å². The van der Waals surface area contributed by atoms with Gasteiger partial charge in [-0.1, -0.05) is 23.9 Å². The van der Waals surface area contributed by atoms with Crippen LogP contribution >= 0.6 is 11.8 Å². The quantitative estimate of drug-likeness (QED) is 0.719. The maximum atomic E-state index is 10.9. The van der Waals surface area contributed by atoms with Crippen molar-refractivity contribution in [1.29, 1.82) is 0 Å². The molecule has 0 radical (unpaired) electrons. The molecule has 0 spiro atoms. The number of hydrogen-bond acceptors (Lipinski definition) is 5. The van der Waals surface area contributed by atoms with Crippen molar-refractivity contribution in [3.05, 3.63) is 64.7 Å². The van der Waals surface area contributed by atoms with Crippen molar-refractivity contribution in [2.45, 2.75) is 18.7 Å². The molecular formula is C18H17N3O2S. The van der Waals surface area contributed by atoms with Crippen molar-refractivity contribution in [3.63, 3.8) is 0 Å². The minimum atomic E-state index is -0.933. The molecule has 1 aliphatic rings. The van der Waals surface area contributed by atoms with Gasteiger partial charge in [-0.15, -0.1) is 0 Å². The van der Waals surface area contributed by atoms with E-state index < -0.39 is 5.97 Å². The molecule has 3 N–H and O–H groups in total. The van der Waals surface area contributed by atoms with Gasteiger partial charge in [0, 0.05) is 10.6 Å². The lowest BCUT2D eigenvalue weighted by atomic mass is 10.2. The molecule has 3 rings (SSSR count). The van der Waals surface area contributed by atoms with E-state index in [4.69, 9.17) is 5.11 Å². The number of carboxylic acids is 1. The summed E-state index contributed by atoms with van der Waals surface area (Å²) in [7, 11) is 0. The summed E-state index contributed by atoms with van der Waals surface area (Å²) in [5.74, 6) is -0.933. The Kier molecular flexibility index (Phi) is 4.57. The molecular weight excluding hydrogens is 322 g/mol. The first kappa shape index (κ1) is 16.1. The molecule has 0 fully saturated rings. The van der Waals surface area contributed by atoms with Gasteiger partial charge >= 0.3 is 5.97 Å². The van der Waals surface area contributed by atoms with Crippen molar-refractivity contribution in [2.24, 2.45) is 4.99 Å². The maximum Gasteiger partial charge on any atom is 0.335 e. The Balaban J connectivity index is 1.73. The number of aliphatic imine (C=N–C) groups is 1. The first-order valence-corrected chi connectivity index (χ1v) is 8.25. The molecule has 122 valence electrons. The van der Waals surface area contributed by atoms with Crippen LogP contribution in [0.4, 0.5) is 11.4 Å². The number of para-hydroxylation sites is 1. The van der Waals surface area contributed by atoms with Crippen molar-refractivity contribution in [3.8, 4) is 0 Å². The number of anilines is 1. The van der Waals surface area contributed by atoms with Crippen LogP contribution in [0.25, 0.3) is 0 Å². The molecule has 0 bridgehead atoms. The number of carbonyl (C=O) groups is 1. The second-order valence-electron chi connectivity index (χ2n) is 5.35. The molecule has 0 aliphatic carbocycles. The predicted molar refractivity (Wildman–Crippen MR) is 97.9 cm³/mol. The van der Waals surface area contributed by atoms with Gasteiger partial charge < -0.3 is 16.0 Å². The Morgan fingerprint density at radius 3 is 2.54 bits per heavy atom. The lowest BCUT2D eigenvalue weighted by molar-refractivity contribution is 0.0697. The van der Waals surface area contributed by atoms with Crippen molar-refractivity contribution >= 4 is 34.8 Å². The fraction of sp³-hybridized carbons (Fsp3) is 0.111. The number of aromatic carboxylic acids is 1. The van der Waals surface area contributed by atoms with Crippen LogP contribution in [-0.2, 0) is 0 Å². The van der Waals surface area contributed by atoms with Gasteiger partial charge in [-0.05, 0) is 50.2 Å². The SMILES string of the molecule is CC1=Nc2ccccc2S/C1=C(/C)NNc1ccc(C(=O)O)cc1. The number of fused-ring (bicyclic) bond motifs is 1. The number of allylic oxidation sites excluding steroid dienone is 2. The number of hydrogen-bond donors (Lipinski definition) is 3. The lowest BCUT2D eigenvalue weighted by Crippen LogP contribution is -2.22. The summed E-state index contributed by atoms with van der Waals surface area (Å²) in [5, 5.41) is 8.91. The van der Waals surface area contributed by atoms with E-state index in [9.17, 15) is 4.79 Å². The molecule has 0 saturated carbocycles. The van der Waals surface area contributed by atoms with Gasteiger partial charge in [0.2, 0.25) is 0 Å². The third kappa shape index (κ3) is 3.44. The normalized spacial score (nSPS) is 15.2. The number of nitrogens with zero attached hydrogens (tertiary/aromatic N) is 1. The zero-order valence-corrected chi connectivity index (χ0v) is 14.1. The molecule has 1 aliphatic heterocycles. The first-order chi connectivity index (χ1) is 11.5. The van der Waals surface area contributed by atoms with E-state index in [1.54, 1.807) is 36.0 Å². The summed E-state index contributed by atoms with van der Waals surface area (Å²) in [4.78, 5) is 17.7. The van der Waals surface area contributed by atoms with Crippen LogP contribution in [0.2, 0.25) is 0 Å². The number of hydrazine groups is 1. The average Bonchev–Trinajstić information content (AvgIpc) is 2.59. The molecule has 0 aromatic heterocycles. The van der Waals surface area contributed by atoms with Crippen LogP contribution in [0.1, 0.15) is 24.2 Å². The Morgan fingerprint density at radius 2 is 1.83 bits per heavy atom. The van der Waals surface area contributed by atoms with Crippen LogP contribution in [0.15, 0.2) is 69.0 Å². The molecule has 2 aromatic rings. The van der Waals surface area contributed by atoms with Gasteiger partial charge in [-0.3, -0.25) is 4.99 Å². The monoisotopic (exact) mass is 339 g/mol. The van der Waals surface area contributed by atoms with Crippen LogP contribution < -0.4 is 10.9 Å². The molecule has 0 atom stereocenters. The molecule has 0 saturated heterocycles. The number of carboxylic acid groups (broad SMARTS) is 1. The Morgan fingerprint density at radius 1 is 1.12 bits per heavy atom. The zero-order valence-electron chi connectivity index (χ0n) is 13.3. The van der Waals surface area contributed by atoms with E-state index in [0.717, 1.165) is 32.6 Å². The number of nitrogens with one attached hydrogen (secondary N) is 2. The summed E-state index contributed by atoms with van der Waals surface area (Å²) in [6.45, 7) is 3.97. The third-order valence-electron chi connectivity index (χ3n) is 3.56. The van der Waals surface area contributed by atoms with Crippen LogP contribution in [0.3, 0.4) is 0 Å². The highest BCUT2D eigenvalue weighted by molar-refractivity contribution is 8.04. The fourth-order valence-electron chi connectivity index (χ4n) is 2.32. The summed E-state index contributed by atoms with van der Waals surface area (Å²) >= 11 is 1.68. The minimum absolute atomic E-state index is 0.262. The van der Waals surface area contributed by atoms with Gasteiger partial charge in [0.15, 0.2) is 0 Å². The van der Waals surface area contributed by atoms with Gasteiger partial charge in [0.05, 0.1) is 27.6 Å². The van der Waals surface area contributed by atoms with E-state index in [1.807, 2.05) is 32.0 Å². The first-order valence-electron chi connectivity index (χ1n) is 7.43. The predicted octanol–water partition coefficient (Wildman–Crippen LogP) is 4.43.